The lowest BCUT2D eigenvalue weighted by atomic mass is 9.98. The SMILES string of the molecule is CC(=O)O[C@@H]1CCCN(c2ccc(-c3c4cccc(C(F)(F)F)c4nn3Cc3ccc(F)cc3Cl)cc2)C1C. The number of esters is 1. The van der Waals surface area contributed by atoms with E-state index in [4.69, 9.17) is 16.3 Å². The molecule has 204 valence electrons. The van der Waals surface area contributed by atoms with Crippen LogP contribution >= 0.6 is 11.6 Å². The predicted molar refractivity (Wildman–Crippen MR) is 142 cm³/mol. The smallest absolute Gasteiger partial charge is 0.418 e. The molecule has 0 bridgehead atoms. The van der Waals surface area contributed by atoms with Gasteiger partial charge < -0.3 is 9.64 Å². The normalized spacial score (nSPS) is 18.0. The second-order valence-electron chi connectivity index (χ2n) is 9.71. The van der Waals surface area contributed by atoms with Gasteiger partial charge in [-0.25, -0.2) is 4.39 Å². The van der Waals surface area contributed by atoms with Crippen LogP contribution in [0.2, 0.25) is 5.02 Å². The molecule has 0 N–H and O–H groups in total. The van der Waals surface area contributed by atoms with Gasteiger partial charge in [-0.2, -0.15) is 18.3 Å². The van der Waals surface area contributed by atoms with E-state index in [1.807, 2.05) is 31.2 Å². The van der Waals surface area contributed by atoms with E-state index >= 15 is 0 Å². The Labute approximate surface area is 227 Å². The van der Waals surface area contributed by atoms with Crippen LogP contribution in [0.1, 0.15) is 37.8 Å². The van der Waals surface area contributed by atoms with E-state index in [1.165, 1.54) is 35.9 Å². The number of hydrogen-bond acceptors (Lipinski definition) is 4. The fourth-order valence-corrected chi connectivity index (χ4v) is 5.49. The Bertz CT molecular complexity index is 1520. The Morgan fingerprint density at radius 1 is 1.13 bits per heavy atom. The monoisotopic (exact) mass is 559 g/mol. The van der Waals surface area contributed by atoms with Crippen molar-refractivity contribution in [1.82, 2.24) is 9.78 Å². The van der Waals surface area contributed by atoms with E-state index in [1.54, 1.807) is 6.07 Å². The summed E-state index contributed by atoms with van der Waals surface area (Å²) >= 11 is 6.25. The summed E-state index contributed by atoms with van der Waals surface area (Å²) in [5.41, 5.74) is 1.59. The van der Waals surface area contributed by atoms with Crippen molar-refractivity contribution >= 4 is 34.2 Å². The van der Waals surface area contributed by atoms with E-state index < -0.39 is 17.6 Å². The molecule has 2 heterocycles. The maximum atomic E-state index is 13.9. The summed E-state index contributed by atoms with van der Waals surface area (Å²) in [6.07, 6.45) is -3.16. The number of anilines is 1. The number of halogens is 5. The third-order valence-electron chi connectivity index (χ3n) is 7.12. The van der Waals surface area contributed by atoms with Crippen LogP contribution in [0.5, 0.6) is 0 Å². The molecule has 0 radical (unpaired) electrons. The minimum Gasteiger partial charge on any atom is -0.460 e. The number of ether oxygens (including phenoxy) is 1. The zero-order valence-corrected chi connectivity index (χ0v) is 22.1. The van der Waals surface area contributed by atoms with Crippen molar-refractivity contribution in [2.45, 2.75) is 51.6 Å². The van der Waals surface area contributed by atoms with Gasteiger partial charge in [-0.1, -0.05) is 41.9 Å². The molecule has 0 aliphatic carbocycles. The quantitative estimate of drug-likeness (QED) is 0.188. The van der Waals surface area contributed by atoms with Crippen molar-refractivity contribution < 1.29 is 27.1 Å². The van der Waals surface area contributed by atoms with E-state index in [9.17, 15) is 22.4 Å². The van der Waals surface area contributed by atoms with Gasteiger partial charge in [0.25, 0.3) is 0 Å². The highest BCUT2D eigenvalue weighted by atomic mass is 35.5. The zero-order valence-electron chi connectivity index (χ0n) is 21.3. The molecule has 5 rings (SSSR count). The molecule has 0 amide bonds. The van der Waals surface area contributed by atoms with Crippen LogP contribution in [0.3, 0.4) is 0 Å². The highest BCUT2D eigenvalue weighted by molar-refractivity contribution is 6.31. The molecular formula is C29H26ClF4N3O2. The minimum absolute atomic E-state index is 0.0326. The molecule has 2 atom stereocenters. The van der Waals surface area contributed by atoms with E-state index in [0.717, 1.165) is 31.1 Å². The van der Waals surface area contributed by atoms with Crippen LogP contribution in [0.15, 0.2) is 60.7 Å². The van der Waals surface area contributed by atoms with Gasteiger partial charge in [0.2, 0.25) is 0 Å². The van der Waals surface area contributed by atoms with Crippen LogP contribution in [-0.2, 0) is 22.3 Å². The topological polar surface area (TPSA) is 47.4 Å². The molecule has 10 heteroatoms. The Hall–Kier alpha value is -3.59. The Balaban J connectivity index is 1.57. The van der Waals surface area contributed by atoms with Crippen molar-refractivity contribution in [1.29, 1.82) is 0 Å². The highest BCUT2D eigenvalue weighted by Gasteiger charge is 2.35. The summed E-state index contributed by atoms with van der Waals surface area (Å²) in [6, 6.07) is 15.4. The van der Waals surface area contributed by atoms with Gasteiger partial charge in [-0.3, -0.25) is 9.48 Å². The molecule has 1 aliphatic heterocycles. The van der Waals surface area contributed by atoms with Gasteiger partial charge in [0, 0.05) is 35.1 Å². The molecule has 1 saturated heterocycles. The van der Waals surface area contributed by atoms with E-state index in [0.29, 0.717) is 22.2 Å². The Morgan fingerprint density at radius 3 is 2.54 bits per heavy atom. The molecule has 0 saturated carbocycles. The number of rotatable bonds is 5. The summed E-state index contributed by atoms with van der Waals surface area (Å²) in [5, 5.41) is 4.87. The van der Waals surface area contributed by atoms with Crippen molar-refractivity contribution in [3.05, 3.63) is 82.6 Å². The third-order valence-corrected chi connectivity index (χ3v) is 7.47. The van der Waals surface area contributed by atoms with Crippen molar-refractivity contribution in [2.75, 3.05) is 11.4 Å². The summed E-state index contributed by atoms with van der Waals surface area (Å²) in [5.74, 6) is -0.823. The molecular weight excluding hydrogens is 534 g/mol. The minimum atomic E-state index is -4.59. The Kier molecular flexibility index (Phi) is 7.29. The van der Waals surface area contributed by atoms with Gasteiger partial charge in [-0.15, -0.1) is 0 Å². The first-order valence-corrected chi connectivity index (χ1v) is 13.0. The summed E-state index contributed by atoms with van der Waals surface area (Å²) in [7, 11) is 0. The number of carbonyl (C=O) groups is 1. The average Bonchev–Trinajstić information content (AvgIpc) is 3.24. The molecule has 5 nitrogen and oxygen atoms in total. The lowest BCUT2D eigenvalue weighted by molar-refractivity contribution is -0.148. The first-order valence-electron chi connectivity index (χ1n) is 12.6. The maximum Gasteiger partial charge on any atom is 0.418 e. The summed E-state index contributed by atoms with van der Waals surface area (Å²) < 4.78 is 62.2. The second kappa shape index (κ2) is 10.5. The molecule has 1 fully saturated rings. The molecule has 1 aliphatic rings. The standard InChI is InChI=1S/C29H26ClF4N3O2/c1-17-26(39-18(2)38)7-4-14-36(17)22-12-9-19(10-13-22)28-23-5-3-6-24(29(32,33)34)27(23)35-37(28)16-20-8-11-21(31)15-25(20)30/h3,5-6,8-13,15,17,26H,4,7,14,16H2,1-2H3/t17?,26-/m1/s1. The van der Waals surface area contributed by atoms with E-state index in [-0.39, 0.29) is 35.2 Å². The van der Waals surface area contributed by atoms with Gasteiger partial charge in [0.15, 0.2) is 0 Å². The van der Waals surface area contributed by atoms with Gasteiger partial charge in [0.1, 0.15) is 17.4 Å². The third kappa shape index (κ3) is 5.45. The average molecular weight is 560 g/mol. The largest absolute Gasteiger partial charge is 0.460 e. The molecule has 4 aromatic rings. The number of alkyl halides is 3. The highest BCUT2D eigenvalue weighted by Crippen LogP contribution is 2.39. The van der Waals surface area contributed by atoms with Gasteiger partial charge in [-0.05, 0) is 55.7 Å². The number of nitrogens with zero attached hydrogens (tertiary/aromatic N) is 3. The lowest BCUT2D eigenvalue weighted by Gasteiger charge is -2.40. The van der Waals surface area contributed by atoms with Crippen molar-refractivity contribution in [3.63, 3.8) is 0 Å². The van der Waals surface area contributed by atoms with Gasteiger partial charge >= 0.3 is 12.1 Å². The molecule has 1 aromatic heterocycles. The number of benzene rings is 3. The van der Waals surface area contributed by atoms with Crippen LogP contribution in [0.4, 0.5) is 23.2 Å². The van der Waals surface area contributed by atoms with Crippen molar-refractivity contribution in [2.24, 2.45) is 0 Å². The Morgan fingerprint density at radius 2 is 1.87 bits per heavy atom. The van der Waals surface area contributed by atoms with Crippen LogP contribution in [0.25, 0.3) is 22.2 Å². The number of aromatic nitrogens is 2. The molecule has 3 aromatic carbocycles. The first kappa shape index (κ1) is 27.0. The van der Waals surface area contributed by atoms with Gasteiger partial charge in [0.05, 0.1) is 23.8 Å². The summed E-state index contributed by atoms with van der Waals surface area (Å²) in [6.45, 7) is 4.25. The predicted octanol–water partition coefficient (Wildman–Crippen LogP) is 7.48. The van der Waals surface area contributed by atoms with Crippen LogP contribution in [-0.4, -0.2) is 34.4 Å². The first-order chi connectivity index (χ1) is 18.5. The molecule has 39 heavy (non-hydrogen) atoms. The molecule has 1 unspecified atom stereocenters. The van der Waals surface area contributed by atoms with E-state index in [2.05, 4.69) is 10.00 Å². The second-order valence-corrected chi connectivity index (χ2v) is 10.1. The fourth-order valence-electron chi connectivity index (χ4n) is 5.26. The fraction of sp³-hybridized carbons (Fsp3) is 0.310. The number of carbonyl (C=O) groups excluding carboxylic acids is 1. The number of piperidine rings is 1. The number of hydrogen-bond donors (Lipinski definition) is 0. The van der Waals surface area contributed by atoms with Crippen LogP contribution in [0, 0.1) is 5.82 Å². The zero-order chi connectivity index (χ0) is 27.9. The molecule has 0 spiro atoms. The van der Waals surface area contributed by atoms with Crippen molar-refractivity contribution in [3.8, 4) is 11.3 Å². The van der Waals surface area contributed by atoms with Crippen LogP contribution < -0.4 is 4.90 Å². The maximum absolute atomic E-state index is 13.9. The lowest BCUT2D eigenvalue weighted by Crippen LogP contribution is -2.48. The number of fused-ring (bicyclic) bond motifs is 1. The summed E-state index contributed by atoms with van der Waals surface area (Å²) in [4.78, 5) is 13.7.